The van der Waals surface area contributed by atoms with Crippen molar-refractivity contribution in [3.05, 3.63) is 47.5 Å². The Morgan fingerprint density at radius 1 is 1.31 bits per heavy atom. The van der Waals surface area contributed by atoms with Gasteiger partial charge in [0.2, 0.25) is 0 Å². The number of halogens is 1. The summed E-state index contributed by atoms with van der Waals surface area (Å²) in [4.78, 5) is 0. The molecule has 16 heavy (non-hydrogen) atoms. The molecule has 0 fully saturated rings. The van der Waals surface area contributed by atoms with Crippen LogP contribution in [0.25, 0.3) is 5.69 Å². The molecule has 1 aromatic heterocycles. The minimum atomic E-state index is -0.267. The fraction of sp³-hybridized carbons (Fsp3) is 0.250. The van der Waals surface area contributed by atoms with E-state index in [2.05, 4.69) is 5.10 Å². The quantitative estimate of drug-likeness (QED) is 0.859. The van der Waals surface area contributed by atoms with E-state index in [0.717, 1.165) is 23.4 Å². The van der Waals surface area contributed by atoms with Gasteiger partial charge in [-0.2, -0.15) is 5.10 Å². The van der Waals surface area contributed by atoms with Crippen LogP contribution in [0.2, 0.25) is 0 Å². The van der Waals surface area contributed by atoms with Crippen LogP contribution in [0.4, 0.5) is 4.39 Å². The van der Waals surface area contributed by atoms with Crippen LogP contribution in [0, 0.1) is 5.82 Å². The van der Waals surface area contributed by atoms with Crippen LogP contribution in [-0.2, 0) is 13.0 Å². The molecule has 0 bridgehead atoms. The van der Waals surface area contributed by atoms with Crippen molar-refractivity contribution in [2.75, 3.05) is 0 Å². The third kappa shape index (κ3) is 1.84. The number of hydrogen-bond donors (Lipinski definition) is 1. The Balaban J connectivity index is 2.47. The Morgan fingerprint density at radius 2 is 2.00 bits per heavy atom. The van der Waals surface area contributed by atoms with Crippen molar-refractivity contribution in [2.24, 2.45) is 0 Å². The number of nitrogens with zero attached hydrogens (tertiary/aromatic N) is 2. The first-order valence-electron chi connectivity index (χ1n) is 5.18. The number of aromatic nitrogens is 2. The van der Waals surface area contributed by atoms with E-state index in [-0.39, 0.29) is 12.4 Å². The summed E-state index contributed by atoms with van der Waals surface area (Å²) in [6, 6.07) is 6.13. The summed E-state index contributed by atoms with van der Waals surface area (Å²) in [6.07, 6.45) is 2.41. The molecule has 0 saturated heterocycles. The third-order valence-corrected chi connectivity index (χ3v) is 2.53. The molecule has 84 valence electrons. The number of hydrogen-bond acceptors (Lipinski definition) is 2. The van der Waals surface area contributed by atoms with Crippen molar-refractivity contribution in [3.8, 4) is 5.69 Å². The van der Waals surface area contributed by atoms with Gasteiger partial charge in [0.1, 0.15) is 5.82 Å². The lowest BCUT2D eigenvalue weighted by Crippen LogP contribution is -2.02. The summed E-state index contributed by atoms with van der Waals surface area (Å²) >= 11 is 0. The highest BCUT2D eigenvalue weighted by atomic mass is 19.1. The van der Waals surface area contributed by atoms with Crippen LogP contribution in [0.15, 0.2) is 30.5 Å². The second-order valence-corrected chi connectivity index (χ2v) is 3.52. The second-order valence-electron chi connectivity index (χ2n) is 3.52. The second kappa shape index (κ2) is 4.45. The fourth-order valence-electron chi connectivity index (χ4n) is 1.72. The van der Waals surface area contributed by atoms with Crippen LogP contribution >= 0.6 is 0 Å². The maximum absolute atomic E-state index is 12.8. The lowest BCUT2D eigenvalue weighted by Gasteiger charge is -2.06. The van der Waals surface area contributed by atoms with Gasteiger partial charge in [-0.05, 0) is 30.7 Å². The Hall–Kier alpha value is -1.68. The van der Waals surface area contributed by atoms with E-state index in [1.165, 1.54) is 12.1 Å². The number of aliphatic hydroxyl groups excluding tert-OH is 1. The molecule has 0 aliphatic heterocycles. The lowest BCUT2D eigenvalue weighted by atomic mass is 10.2. The third-order valence-electron chi connectivity index (χ3n) is 2.53. The molecular formula is C12H13FN2O. The Bertz CT molecular complexity index is 476. The molecule has 3 nitrogen and oxygen atoms in total. The van der Waals surface area contributed by atoms with Gasteiger partial charge in [-0.15, -0.1) is 0 Å². The largest absolute Gasteiger partial charge is 0.392 e. The monoisotopic (exact) mass is 220 g/mol. The molecule has 0 aliphatic carbocycles. The predicted octanol–water partition coefficient (Wildman–Crippen LogP) is 2.07. The molecule has 4 heteroatoms. The van der Waals surface area contributed by atoms with Crippen molar-refractivity contribution in [1.29, 1.82) is 0 Å². The van der Waals surface area contributed by atoms with E-state index >= 15 is 0 Å². The van der Waals surface area contributed by atoms with Gasteiger partial charge in [0.25, 0.3) is 0 Å². The molecule has 2 rings (SSSR count). The Morgan fingerprint density at radius 3 is 2.56 bits per heavy atom. The van der Waals surface area contributed by atoms with Crippen molar-refractivity contribution in [3.63, 3.8) is 0 Å². The zero-order chi connectivity index (χ0) is 11.5. The van der Waals surface area contributed by atoms with Crippen LogP contribution < -0.4 is 0 Å². The molecule has 0 unspecified atom stereocenters. The summed E-state index contributed by atoms with van der Waals surface area (Å²) in [5, 5.41) is 13.3. The van der Waals surface area contributed by atoms with Crippen LogP contribution in [0.3, 0.4) is 0 Å². The minimum Gasteiger partial charge on any atom is -0.392 e. The summed E-state index contributed by atoms with van der Waals surface area (Å²) in [5.41, 5.74) is 2.57. The summed E-state index contributed by atoms with van der Waals surface area (Å²) in [5.74, 6) is -0.267. The van der Waals surface area contributed by atoms with Crippen molar-refractivity contribution in [1.82, 2.24) is 9.78 Å². The van der Waals surface area contributed by atoms with Crippen molar-refractivity contribution >= 4 is 0 Å². The molecule has 1 heterocycles. The van der Waals surface area contributed by atoms with E-state index in [9.17, 15) is 4.39 Å². The zero-order valence-electron chi connectivity index (χ0n) is 9.02. The minimum absolute atomic E-state index is 0.0234. The molecular weight excluding hydrogens is 207 g/mol. The molecule has 1 N–H and O–H groups in total. The van der Waals surface area contributed by atoms with Gasteiger partial charge >= 0.3 is 0 Å². The van der Waals surface area contributed by atoms with Crippen LogP contribution in [0.5, 0.6) is 0 Å². The van der Waals surface area contributed by atoms with Crippen LogP contribution in [-0.4, -0.2) is 14.9 Å². The van der Waals surface area contributed by atoms with Gasteiger partial charge in [-0.3, -0.25) is 0 Å². The first kappa shape index (κ1) is 10.8. The van der Waals surface area contributed by atoms with E-state index in [4.69, 9.17) is 5.11 Å². The standard InChI is InChI=1S/C12H13FN2O/c1-2-12-9(8-16)7-14-15(12)11-5-3-10(13)4-6-11/h3-7,16H,2,8H2,1H3. The Kier molecular flexibility index (Phi) is 3.01. The molecule has 0 spiro atoms. The van der Waals surface area contributed by atoms with E-state index in [0.29, 0.717) is 0 Å². The Labute approximate surface area is 93.2 Å². The maximum atomic E-state index is 12.8. The van der Waals surface area contributed by atoms with E-state index < -0.39 is 0 Å². The van der Waals surface area contributed by atoms with E-state index in [1.807, 2.05) is 6.92 Å². The normalized spacial score (nSPS) is 10.7. The number of rotatable bonds is 3. The highest BCUT2D eigenvalue weighted by Gasteiger charge is 2.09. The van der Waals surface area contributed by atoms with Gasteiger partial charge in [0.15, 0.2) is 0 Å². The van der Waals surface area contributed by atoms with Gasteiger partial charge in [0, 0.05) is 11.3 Å². The van der Waals surface area contributed by atoms with Crippen LogP contribution in [0.1, 0.15) is 18.2 Å². The zero-order valence-corrected chi connectivity index (χ0v) is 9.02. The summed E-state index contributed by atoms with van der Waals surface area (Å²) < 4.78 is 14.5. The summed E-state index contributed by atoms with van der Waals surface area (Å²) in [7, 11) is 0. The first-order chi connectivity index (χ1) is 7.76. The van der Waals surface area contributed by atoms with Gasteiger partial charge in [-0.1, -0.05) is 6.92 Å². The smallest absolute Gasteiger partial charge is 0.123 e. The molecule has 0 radical (unpaired) electrons. The average Bonchev–Trinajstić information content (AvgIpc) is 2.72. The maximum Gasteiger partial charge on any atom is 0.123 e. The van der Waals surface area contributed by atoms with Crippen molar-refractivity contribution in [2.45, 2.75) is 20.0 Å². The first-order valence-corrected chi connectivity index (χ1v) is 5.18. The molecule has 1 aromatic carbocycles. The van der Waals surface area contributed by atoms with Gasteiger partial charge in [-0.25, -0.2) is 9.07 Å². The average molecular weight is 220 g/mol. The number of benzene rings is 1. The lowest BCUT2D eigenvalue weighted by molar-refractivity contribution is 0.280. The fourth-order valence-corrected chi connectivity index (χ4v) is 1.72. The van der Waals surface area contributed by atoms with Crippen molar-refractivity contribution < 1.29 is 9.50 Å². The topological polar surface area (TPSA) is 38.1 Å². The highest BCUT2D eigenvalue weighted by Crippen LogP contribution is 2.16. The van der Waals surface area contributed by atoms with Gasteiger partial charge < -0.3 is 5.11 Å². The highest BCUT2D eigenvalue weighted by molar-refractivity contribution is 5.35. The molecule has 0 atom stereocenters. The molecule has 2 aromatic rings. The molecule has 0 amide bonds. The number of aliphatic hydroxyl groups is 1. The predicted molar refractivity (Wildman–Crippen MR) is 58.8 cm³/mol. The van der Waals surface area contributed by atoms with Gasteiger partial charge in [0.05, 0.1) is 18.5 Å². The molecule has 0 saturated carbocycles. The SMILES string of the molecule is CCc1c(CO)cnn1-c1ccc(F)cc1. The molecule has 0 aliphatic rings. The summed E-state index contributed by atoms with van der Waals surface area (Å²) in [6.45, 7) is 1.97. The van der Waals surface area contributed by atoms with E-state index in [1.54, 1.807) is 23.0 Å².